The summed E-state index contributed by atoms with van der Waals surface area (Å²) in [5, 5.41) is 12.7. The van der Waals surface area contributed by atoms with Crippen LogP contribution in [0.2, 0.25) is 5.02 Å². The van der Waals surface area contributed by atoms with Crippen LogP contribution in [0.3, 0.4) is 0 Å². The SMILES string of the molecule is Cc1nsc(Nc2cc(Cl)ccc2F)c1C#N. The molecule has 86 valence electrons. The van der Waals surface area contributed by atoms with E-state index in [2.05, 4.69) is 9.69 Å². The zero-order valence-electron chi connectivity index (χ0n) is 8.79. The molecule has 0 fully saturated rings. The van der Waals surface area contributed by atoms with Gasteiger partial charge in [0.2, 0.25) is 0 Å². The summed E-state index contributed by atoms with van der Waals surface area (Å²) < 4.78 is 17.5. The largest absolute Gasteiger partial charge is 0.342 e. The summed E-state index contributed by atoms with van der Waals surface area (Å²) in [6, 6.07) is 6.23. The fraction of sp³-hybridized carbons (Fsp3) is 0.0909. The van der Waals surface area contributed by atoms with Crippen LogP contribution in [-0.2, 0) is 0 Å². The summed E-state index contributed by atoms with van der Waals surface area (Å²) in [4.78, 5) is 0. The van der Waals surface area contributed by atoms with Crippen LogP contribution in [-0.4, -0.2) is 4.37 Å². The lowest BCUT2D eigenvalue weighted by Crippen LogP contribution is -1.93. The highest BCUT2D eigenvalue weighted by atomic mass is 35.5. The second kappa shape index (κ2) is 4.70. The molecule has 0 radical (unpaired) electrons. The first-order valence-corrected chi connectivity index (χ1v) is 5.85. The minimum atomic E-state index is -0.427. The van der Waals surface area contributed by atoms with Gasteiger partial charge in [0.05, 0.1) is 11.4 Å². The number of anilines is 2. The minimum Gasteiger partial charge on any atom is -0.342 e. The number of hydrogen-bond donors (Lipinski definition) is 1. The van der Waals surface area contributed by atoms with Gasteiger partial charge in [-0.2, -0.15) is 9.64 Å². The first kappa shape index (κ1) is 11.8. The molecule has 3 nitrogen and oxygen atoms in total. The Hall–Kier alpha value is -1.64. The van der Waals surface area contributed by atoms with Gasteiger partial charge in [-0.3, -0.25) is 0 Å². The molecule has 1 aromatic carbocycles. The number of benzene rings is 1. The second-order valence-electron chi connectivity index (χ2n) is 3.33. The van der Waals surface area contributed by atoms with Crippen molar-refractivity contribution in [1.29, 1.82) is 5.26 Å². The van der Waals surface area contributed by atoms with Gasteiger partial charge in [-0.1, -0.05) is 11.6 Å². The Morgan fingerprint density at radius 2 is 2.29 bits per heavy atom. The summed E-state index contributed by atoms with van der Waals surface area (Å²) >= 11 is 6.89. The molecule has 0 bridgehead atoms. The maximum absolute atomic E-state index is 13.5. The highest BCUT2D eigenvalue weighted by molar-refractivity contribution is 7.10. The summed E-state index contributed by atoms with van der Waals surface area (Å²) in [5.41, 5.74) is 1.29. The fourth-order valence-electron chi connectivity index (χ4n) is 1.30. The third kappa shape index (κ3) is 2.38. The van der Waals surface area contributed by atoms with E-state index in [0.29, 0.717) is 21.3 Å². The van der Waals surface area contributed by atoms with E-state index < -0.39 is 5.82 Å². The van der Waals surface area contributed by atoms with Crippen LogP contribution in [0.4, 0.5) is 15.1 Å². The molecule has 17 heavy (non-hydrogen) atoms. The van der Waals surface area contributed by atoms with E-state index in [1.54, 1.807) is 6.92 Å². The van der Waals surface area contributed by atoms with E-state index in [0.717, 1.165) is 11.5 Å². The Labute approximate surface area is 107 Å². The average molecular weight is 268 g/mol. The predicted molar refractivity (Wildman–Crippen MR) is 66.3 cm³/mol. The van der Waals surface area contributed by atoms with Crippen LogP contribution < -0.4 is 5.32 Å². The maximum atomic E-state index is 13.5. The number of hydrogen-bond acceptors (Lipinski definition) is 4. The quantitative estimate of drug-likeness (QED) is 0.899. The van der Waals surface area contributed by atoms with Crippen LogP contribution in [0, 0.1) is 24.1 Å². The zero-order valence-corrected chi connectivity index (χ0v) is 10.4. The van der Waals surface area contributed by atoms with Crippen molar-refractivity contribution in [3.05, 3.63) is 40.3 Å². The fourth-order valence-corrected chi connectivity index (χ4v) is 2.23. The Morgan fingerprint density at radius 3 is 3.00 bits per heavy atom. The van der Waals surface area contributed by atoms with Gasteiger partial charge in [0.25, 0.3) is 0 Å². The van der Waals surface area contributed by atoms with Crippen molar-refractivity contribution in [2.75, 3.05) is 5.32 Å². The van der Waals surface area contributed by atoms with Crippen molar-refractivity contribution in [3.63, 3.8) is 0 Å². The van der Waals surface area contributed by atoms with Gasteiger partial charge in [0, 0.05) is 5.02 Å². The summed E-state index contributed by atoms with van der Waals surface area (Å²) in [6.07, 6.45) is 0. The average Bonchev–Trinajstić information content (AvgIpc) is 2.64. The van der Waals surface area contributed by atoms with Crippen molar-refractivity contribution in [3.8, 4) is 6.07 Å². The lowest BCUT2D eigenvalue weighted by molar-refractivity contribution is 0.632. The molecular formula is C11H7ClFN3S. The summed E-state index contributed by atoms with van der Waals surface area (Å²) in [6.45, 7) is 1.73. The van der Waals surface area contributed by atoms with Crippen LogP contribution in [0.1, 0.15) is 11.3 Å². The number of nitrogens with zero attached hydrogens (tertiary/aromatic N) is 2. The van der Waals surface area contributed by atoms with Gasteiger partial charge >= 0.3 is 0 Å². The molecule has 1 N–H and O–H groups in total. The van der Waals surface area contributed by atoms with Crippen LogP contribution in [0.25, 0.3) is 0 Å². The smallest absolute Gasteiger partial charge is 0.146 e. The molecule has 6 heteroatoms. The van der Waals surface area contributed by atoms with Crippen molar-refractivity contribution in [1.82, 2.24) is 4.37 Å². The number of aromatic nitrogens is 1. The van der Waals surface area contributed by atoms with Gasteiger partial charge in [0.1, 0.15) is 22.5 Å². The van der Waals surface area contributed by atoms with E-state index >= 15 is 0 Å². The minimum absolute atomic E-state index is 0.234. The Kier molecular flexibility index (Phi) is 3.27. The van der Waals surface area contributed by atoms with E-state index in [1.165, 1.54) is 18.2 Å². The number of aryl methyl sites for hydroxylation is 1. The molecule has 0 aliphatic rings. The highest BCUT2D eigenvalue weighted by Crippen LogP contribution is 2.29. The van der Waals surface area contributed by atoms with Crippen LogP contribution >= 0.6 is 23.1 Å². The molecule has 2 rings (SSSR count). The van der Waals surface area contributed by atoms with E-state index in [9.17, 15) is 4.39 Å². The highest BCUT2D eigenvalue weighted by Gasteiger charge is 2.12. The molecule has 1 aromatic heterocycles. The number of nitrogens with one attached hydrogen (secondary N) is 1. The van der Waals surface area contributed by atoms with Crippen molar-refractivity contribution < 1.29 is 4.39 Å². The van der Waals surface area contributed by atoms with Gasteiger partial charge in [-0.05, 0) is 36.7 Å². The molecule has 0 amide bonds. The van der Waals surface area contributed by atoms with Crippen molar-refractivity contribution in [2.45, 2.75) is 6.92 Å². The second-order valence-corrected chi connectivity index (χ2v) is 4.54. The molecule has 0 spiro atoms. The van der Waals surface area contributed by atoms with Gasteiger partial charge < -0.3 is 5.32 Å². The molecule has 0 atom stereocenters. The number of halogens is 2. The number of nitriles is 1. The number of rotatable bonds is 2. The van der Waals surface area contributed by atoms with Crippen LogP contribution in [0.5, 0.6) is 0 Å². The van der Waals surface area contributed by atoms with E-state index in [-0.39, 0.29) is 5.69 Å². The van der Waals surface area contributed by atoms with Crippen LogP contribution in [0.15, 0.2) is 18.2 Å². The lowest BCUT2D eigenvalue weighted by Gasteiger charge is -2.05. The van der Waals surface area contributed by atoms with Crippen molar-refractivity contribution >= 4 is 33.8 Å². The molecule has 0 aliphatic carbocycles. The Balaban J connectivity index is 2.38. The first-order chi connectivity index (χ1) is 8.11. The molecule has 0 saturated carbocycles. The van der Waals surface area contributed by atoms with Gasteiger partial charge in [0.15, 0.2) is 0 Å². The predicted octanol–water partition coefficient (Wildman–Crippen LogP) is 3.86. The molecule has 1 heterocycles. The maximum Gasteiger partial charge on any atom is 0.146 e. The Bertz CT molecular complexity index is 603. The molecular weight excluding hydrogens is 261 g/mol. The first-order valence-electron chi connectivity index (χ1n) is 4.70. The molecule has 0 saturated heterocycles. The van der Waals surface area contributed by atoms with Gasteiger partial charge in [-0.15, -0.1) is 0 Å². The normalized spacial score (nSPS) is 10.0. The Morgan fingerprint density at radius 1 is 1.53 bits per heavy atom. The standard InChI is InChI=1S/C11H7ClFN3S/c1-6-8(5-14)11(17-16-6)15-10-4-7(12)2-3-9(10)13/h2-4,15H,1H3. The summed E-state index contributed by atoms with van der Waals surface area (Å²) in [5.74, 6) is -0.427. The van der Waals surface area contributed by atoms with Gasteiger partial charge in [-0.25, -0.2) is 4.39 Å². The topological polar surface area (TPSA) is 48.7 Å². The summed E-state index contributed by atoms with van der Waals surface area (Å²) in [7, 11) is 0. The molecule has 0 unspecified atom stereocenters. The monoisotopic (exact) mass is 267 g/mol. The molecule has 2 aromatic rings. The zero-order chi connectivity index (χ0) is 12.4. The third-order valence-corrected chi connectivity index (χ3v) is 3.24. The molecule has 0 aliphatic heterocycles. The van der Waals surface area contributed by atoms with E-state index in [1.807, 2.05) is 6.07 Å². The third-order valence-electron chi connectivity index (χ3n) is 2.15. The lowest BCUT2D eigenvalue weighted by atomic mass is 10.2. The van der Waals surface area contributed by atoms with E-state index in [4.69, 9.17) is 16.9 Å². The van der Waals surface area contributed by atoms with Crippen molar-refractivity contribution in [2.24, 2.45) is 0 Å².